The van der Waals surface area contributed by atoms with Gasteiger partial charge in [0.25, 0.3) is 5.91 Å². The Kier molecular flexibility index (Phi) is 7.10. The van der Waals surface area contributed by atoms with Gasteiger partial charge in [0.15, 0.2) is 6.61 Å². The second-order valence-electron chi connectivity index (χ2n) is 5.21. The molecule has 2 aromatic rings. The number of rotatable bonds is 7. The fraction of sp³-hybridized carbons (Fsp3) is 0.222. The highest BCUT2D eigenvalue weighted by Gasteiger charge is 2.10. The molecule has 0 heterocycles. The van der Waals surface area contributed by atoms with Gasteiger partial charge in [-0.3, -0.25) is 9.59 Å². The first-order valence-electron chi connectivity index (χ1n) is 7.47. The van der Waals surface area contributed by atoms with Crippen LogP contribution in [0.5, 0.6) is 5.75 Å². The average Bonchev–Trinajstić information content (AvgIpc) is 2.61. The van der Waals surface area contributed by atoms with Crippen LogP contribution in [0, 0.1) is 0 Å². The van der Waals surface area contributed by atoms with Gasteiger partial charge in [-0.05, 0) is 35.4 Å². The van der Waals surface area contributed by atoms with Gasteiger partial charge < -0.3 is 14.8 Å². The molecule has 2 aromatic carbocycles. The Morgan fingerprint density at radius 2 is 1.84 bits per heavy atom. The zero-order chi connectivity index (χ0) is 18.2. The molecule has 7 heteroatoms. The highest BCUT2D eigenvalue weighted by atomic mass is 35.5. The van der Waals surface area contributed by atoms with Crippen molar-refractivity contribution in [1.29, 1.82) is 0 Å². The van der Waals surface area contributed by atoms with Crippen molar-refractivity contribution in [2.45, 2.75) is 13.0 Å². The zero-order valence-corrected chi connectivity index (χ0v) is 15.1. The Bertz CT molecular complexity index is 764. The standard InChI is InChI=1S/C18H17Cl2NO4/c1-24-14-4-2-3-13(7-14)10-21-17(22)11-25-18(23)9-12-5-6-15(19)16(20)8-12/h2-8H,9-11H2,1H3,(H,21,22). The third-order valence-electron chi connectivity index (χ3n) is 3.32. The van der Waals surface area contributed by atoms with Gasteiger partial charge in [0.1, 0.15) is 5.75 Å². The van der Waals surface area contributed by atoms with E-state index in [0.29, 0.717) is 27.9 Å². The molecule has 0 saturated heterocycles. The molecule has 0 aliphatic heterocycles. The Hall–Kier alpha value is -2.24. The number of carbonyl (C=O) groups excluding carboxylic acids is 2. The number of methoxy groups -OCH3 is 1. The lowest BCUT2D eigenvalue weighted by Gasteiger charge is -2.08. The summed E-state index contributed by atoms with van der Waals surface area (Å²) in [6, 6.07) is 12.2. The lowest BCUT2D eigenvalue weighted by atomic mass is 10.1. The topological polar surface area (TPSA) is 64.6 Å². The second kappa shape index (κ2) is 9.30. The molecule has 1 N–H and O–H groups in total. The van der Waals surface area contributed by atoms with E-state index >= 15 is 0 Å². The van der Waals surface area contributed by atoms with Gasteiger partial charge in [0.05, 0.1) is 23.6 Å². The number of nitrogens with one attached hydrogen (secondary N) is 1. The van der Waals surface area contributed by atoms with Crippen LogP contribution in [0.2, 0.25) is 10.0 Å². The van der Waals surface area contributed by atoms with E-state index in [9.17, 15) is 9.59 Å². The molecular formula is C18H17Cl2NO4. The number of hydrogen-bond acceptors (Lipinski definition) is 4. The van der Waals surface area contributed by atoms with Gasteiger partial charge in [0.2, 0.25) is 0 Å². The molecule has 0 radical (unpaired) electrons. The maximum Gasteiger partial charge on any atom is 0.310 e. The molecule has 0 spiro atoms. The molecule has 0 atom stereocenters. The molecule has 25 heavy (non-hydrogen) atoms. The van der Waals surface area contributed by atoms with E-state index in [1.54, 1.807) is 25.3 Å². The van der Waals surface area contributed by atoms with Crippen molar-refractivity contribution in [3.8, 4) is 5.75 Å². The number of esters is 1. The molecule has 0 aliphatic rings. The minimum absolute atomic E-state index is 0.0139. The van der Waals surface area contributed by atoms with Crippen molar-refractivity contribution in [1.82, 2.24) is 5.32 Å². The zero-order valence-electron chi connectivity index (χ0n) is 13.6. The number of amides is 1. The van der Waals surface area contributed by atoms with Gasteiger partial charge in [-0.2, -0.15) is 0 Å². The molecular weight excluding hydrogens is 365 g/mol. The van der Waals surface area contributed by atoms with Crippen molar-refractivity contribution in [2.75, 3.05) is 13.7 Å². The summed E-state index contributed by atoms with van der Waals surface area (Å²) >= 11 is 11.7. The normalized spacial score (nSPS) is 10.2. The average molecular weight is 382 g/mol. The first-order chi connectivity index (χ1) is 12.0. The minimum atomic E-state index is -0.519. The minimum Gasteiger partial charge on any atom is -0.497 e. The maximum absolute atomic E-state index is 11.8. The summed E-state index contributed by atoms with van der Waals surface area (Å²) < 4.78 is 10.1. The number of benzene rings is 2. The number of ether oxygens (including phenoxy) is 2. The maximum atomic E-state index is 11.8. The highest BCUT2D eigenvalue weighted by molar-refractivity contribution is 6.42. The Morgan fingerprint density at radius 3 is 2.56 bits per heavy atom. The molecule has 0 aromatic heterocycles. The van der Waals surface area contributed by atoms with E-state index in [1.807, 2.05) is 24.3 Å². The van der Waals surface area contributed by atoms with Crippen molar-refractivity contribution < 1.29 is 19.1 Å². The largest absolute Gasteiger partial charge is 0.497 e. The van der Waals surface area contributed by atoms with E-state index in [0.717, 1.165) is 5.56 Å². The van der Waals surface area contributed by atoms with Crippen LogP contribution in [-0.2, 0) is 27.3 Å². The van der Waals surface area contributed by atoms with Gasteiger partial charge in [-0.25, -0.2) is 0 Å². The van der Waals surface area contributed by atoms with E-state index in [-0.39, 0.29) is 18.9 Å². The van der Waals surface area contributed by atoms with Crippen LogP contribution in [0.25, 0.3) is 0 Å². The summed E-state index contributed by atoms with van der Waals surface area (Å²) in [6.45, 7) is -0.0233. The molecule has 132 valence electrons. The number of carbonyl (C=O) groups is 2. The predicted octanol–water partition coefficient (Wildman–Crippen LogP) is 3.40. The smallest absolute Gasteiger partial charge is 0.310 e. The van der Waals surface area contributed by atoms with Crippen molar-refractivity contribution in [3.63, 3.8) is 0 Å². The summed E-state index contributed by atoms with van der Waals surface area (Å²) in [6.07, 6.45) is 0.0139. The highest BCUT2D eigenvalue weighted by Crippen LogP contribution is 2.22. The monoisotopic (exact) mass is 381 g/mol. The van der Waals surface area contributed by atoms with Crippen LogP contribution < -0.4 is 10.1 Å². The van der Waals surface area contributed by atoms with Crippen LogP contribution in [0.15, 0.2) is 42.5 Å². The van der Waals surface area contributed by atoms with Crippen LogP contribution in [0.3, 0.4) is 0 Å². The number of hydrogen-bond donors (Lipinski definition) is 1. The lowest BCUT2D eigenvalue weighted by Crippen LogP contribution is -2.28. The molecule has 0 aliphatic carbocycles. The fourth-order valence-corrected chi connectivity index (χ4v) is 2.37. The molecule has 1 amide bonds. The SMILES string of the molecule is COc1cccc(CNC(=O)COC(=O)Cc2ccc(Cl)c(Cl)c2)c1. The molecule has 0 fully saturated rings. The van der Waals surface area contributed by atoms with E-state index in [1.165, 1.54) is 0 Å². The quantitative estimate of drug-likeness (QED) is 0.746. The summed E-state index contributed by atoms with van der Waals surface area (Å²) in [5.41, 5.74) is 1.55. The summed E-state index contributed by atoms with van der Waals surface area (Å²) in [5.74, 6) is -0.194. The van der Waals surface area contributed by atoms with Gasteiger partial charge in [0, 0.05) is 6.54 Å². The Balaban J connectivity index is 1.75. The van der Waals surface area contributed by atoms with Crippen molar-refractivity contribution in [3.05, 3.63) is 63.6 Å². The lowest BCUT2D eigenvalue weighted by molar-refractivity contribution is -0.147. The van der Waals surface area contributed by atoms with Crippen LogP contribution >= 0.6 is 23.2 Å². The van der Waals surface area contributed by atoms with Crippen LogP contribution in [0.1, 0.15) is 11.1 Å². The first kappa shape index (κ1) is 19.1. The molecule has 5 nitrogen and oxygen atoms in total. The molecule has 0 saturated carbocycles. The summed E-state index contributed by atoms with van der Waals surface area (Å²) in [5, 5.41) is 3.45. The van der Waals surface area contributed by atoms with Crippen molar-refractivity contribution >= 4 is 35.1 Å². The van der Waals surface area contributed by atoms with Gasteiger partial charge in [-0.15, -0.1) is 0 Å². The Labute approximate surface area is 155 Å². The Morgan fingerprint density at radius 1 is 1.04 bits per heavy atom. The van der Waals surface area contributed by atoms with Crippen LogP contribution in [-0.4, -0.2) is 25.6 Å². The summed E-state index contributed by atoms with van der Waals surface area (Å²) in [4.78, 5) is 23.5. The third-order valence-corrected chi connectivity index (χ3v) is 4.06. The molecule has 0 bridgehead atoms. The molecule has 0 unspecified atom stereocenters. The predicted molar refractivity (Wildman–Crippen MR) is 96.0 cm³/mol. The first-order valence-corrected chi connectivity index (χ1v) is 8.22. The van der Waals surface area contributed by atoms with E-state index in [4.69, 9.17) is 32.7 Å². The summed E-state index contributed by atoms with van der Waals surface area (Å²) in [7, 11) is 1.57. The van der Waals surface area contributed by atoms with Gasteiger partial charge in [-0.1, -0.05) is 41.4 Å². The van der Waals surface area contributed by atoms with Crippen LogP contribution in [0.4, 0.5) is 0 Å². The third kappa shape index (κ3) is 6.29. The molecule has 2 rings (SSSR count). The van der Waals surface area contributed by atoms with E-state index < -0.39 is 5.97 Å². The second-order valence-corrected chi connectivity index (χ2v) is 6.03. The van der Waals surface area contributed by atoms with Crippen molar-refractivity contribution in [2.24, 2.45) is 0 Å². The fourth-order valence-electron chi connectivity index (χ4n) is 2.05. The van der Waals surface area contributed by atoms with E-state index in [2.05, 4.69) is 5.32 Å². The number of halogens is 2. The van der Waals surface area contributed by atoms with Gasteiger partial charge >= 0.3 is 5.97 Å².